The topological polar surface area (TPSA) is 37.3 Å². The molecule has 0 spiro atoms. The Hall–Kier alpha value is -0.530. The summed E-state index contributed by atoms with van der Waals surface area (Å²) >= 11 is 0. The van der Waals surface area contributed by atoms with Crippen molar-refractivity contribution in [1.82, 2.24) is 0 Å². The monoisotopic (exact) mass is 142 g/mol. The molecule has 2 heteroatoms. The van der Waals surface area contributed by atoms with Gasteiger partial charge in [0, 0.05) is 6.42 Å². The predicted octanol–water partition coefficient (Wildman–Crippen LogP) is 2.04. The van der Waals surface area contributed by atoms with Crippen molar-refractivity contribution in [3.05, 3.63) is 0 Å². The molecule has 0 radical (unpaired) electrons. The van der Waals surface area contributed by atoms with Crippen LogP contribution in [0.4, 0.5) is 0 Å². The molecule has 1 rings (SSSR count). The van der Waals surface area contributed by atoms with Gasteiger partial charge in [-0.1, -0.05) is 6.92 Å². The van der Waals surface area contributed by atoms with Gasteiger partial charge in [0.1, 0.15) is 0 Å². The second-order valence-corrected chi connectivity index (χ2v) is 3.56. The summed E-state index contributed by atoms with van der Waals surface area (Å²) in [6, 6.07) is 0. The van der Waals surface area contributed by atoms with Crippen LogP contribution in [0.25, 0.3) is 0 Å². The molecule has 0 aromatic heterocycles. The highest BCUT2D eigenvalue weighted by Crippen LogP contribution is 2.49. The van der Waals surface area contributed by atoms with Gasteiger partial charge in [0.2, 0.25) is 0 Å². The maximum Gasteiger partial charge on any atom is 0.303 e. The Morgan fingerprint density at radius 2 is 2.20 bits per heavy atom. The summed E-state index contributed by atoms with van der Waals surface area (Å²) in [6.07, 6.45) is 4.89. The fourth-order valence-electron chi connectivity index (χ4n) is 1.13. The molecule has 10 heavy (non-hydrogen) atoms. The lowest BCUT2D eigenvalue weighted by molar-refractivity contribution is -0.137. The second kappa shape index (κ2) is 2.60. The lowest BCUT2D eigenvalue weighted by Crippen LogP contribution is -1.98. The van der Waals surface area contributed by atoms with Gasteiger partial charge in [-0.05, 0) is 31.1 Å². The molecule has 0 amide bonds. The third kappa shape index (κ3) is 2.38. The van der Waals surface area contributed by atoms with E-state index in [0.717, 1.165) is 12.8 Å². The molecule has 1 N–H and O–H groups in total. The average Bonchev–Trinajstić information content (AvgIpc) is 2.47. The van der Waals surface area contributed by atoms with Crippen molar-refractivity contribution in [2.45, 2.75) is 39.0 Å². The zero-order chi connectivity index (χ0) is 7.61. The Morgan fingerprint density at radius 1 is 1.60 bits per heavy atom. The summed E-state index contributed by atoms with van der Waals surface area (Å²) in [7, 11) is 0. The third-order valence-corrected chi connectivity index (χ3v) is 2.27. The molecule has 1 fully saturated rings. The molecule has 0 unspecified atom stereocenters. The first-order valence-corrected chi connectivity index (χ1v) is 3.84. The number of hydrogen-bond acceptors (Lipinski definition) is 1. The largest absolute Gasteiger partial charge is 0.481 e. The smallest absolute Gasteiger partial charge is 0.303 e. The average molecular weight is 142 g/mol. The lowest BCUT2D eigenvalue weighted by atomic mass is 10.0. The molecule has 2 nitrogen and oxygen atoms in total. The van der Waals surface area contributed by atoms with E-state index in [1.165, 1.54) is 12.8 Å². The molecule has 0 aliphatic heterocycles. The van der Waals surface area contributed by atoms with Crippen molar-refractivity contribution >= 4 is 5.97 Å². The molecule has 0 heterocycles. The van der Waals surface area contributed by atoms with Gasteiger partial charge in [-0.3, -0.25) is 4.79 Å². The van der Waals surface area contributed by atoms with Crippen LogP contribution >= 0.6 is 0 Å². The first-order valence-electron chi connectivity index (χ1n) is 3.84. The van der Waals surface area contributed by atoms with Crippen molar-refractivity contribution in [3.63, 3.8) is 0 Å². The number of aliphatic carboxylic acids is 1. The van der Waals surface area contributed by atoms with Crippen LogP contribution in [0, 0.1) is 5.41 Å². The molecule has 1 aliphatic rings. The van der Waals surface area contributed by atoms with Crippen molar-refractivity contribution < 1.29 is 9.90 Å². The maximum absolute atomic E-state index is 10.1. The van der Waals surface area contributed by atoms with Crippen LogP contribution in [0.5, 0.6) is 0 Å². The SMILES string of the molecule is CC1(CCCC(=O)O)CC1. The molecule has 1 aliphatic carbocycles. The van der Waals surface area contributed by atoms with Crippen LogP contribution in [0.1, 0.15) is 39.0 Å². The zero-order valence-corrected chi connectivity index (χ0v) is 6.39. The van der Waals surface area contributed by atoms with Crippen molar-refractivity contribution in [2.24, 2.45) is 5.41 Å². The van der Waals surface area contributed by atoms with Gasteiger partial charge < -0.3 is 5.11 Å². The van der Waals surface area contributed by atoms with Crippen LogP contribution in [0.3, 0.4) is 0 Å². The summed E-state index contributed by atoms with van der Waals surface area (Å²) < 4.78 is 0. The van der Waals surface area contributed by atoms with E-state index in [9.17, 15) is 4.79 Å². The Balaban J connectivity index is 2.00. The van der Waals surface area contributed by atoms with Gasteiger partial charge in [-0.15, -0.1) is 0 Å². The minimum Gasteiger partial charge on any atom is -0.481 e. The second-order valence-electron chi connectivity index (χ2n) is 3.56. The van der Waals surface area contributed by atoms with Crippen LogP contribution in [0.2, 0.25) is 0 Å². The highest BCUT2D eigenvalue weighted by atomic mass is 16.4. The minimum absolute atomic E-state index is 0.343. The van der Waals surface area contributed by atoms with E-state index in [1.807, 2.05) is 0 Å². The fourth-order valence-corrected chi connectivity index (χ4v) is 1.13. The molecule has 1 saturated carbocycles. The van der Waals surface area contributed by atoms with Crippen LogP contribution in [0.15, 0.2) is 0 Å². The van der Waals surface area contributed by atoms with Gasteiger partial charge in [-0.25, -0.2) is 0 Å². The third-order valence-electron chi connectivity index (χ3n) is 2.27. The maximum atomic E-state index is 10.1. The standard InChI is InChI=1S/C8H14O2/c1-8(5-6-8)4-2-3-7(9)10/h2-6H2,1H3,(H,9,10). The fraction of sp³-hybridized carbons (Fsp3) is 0.875. The van der Waals surface area contributed by atoms with Gasteiger partial charge in [-0.2, -0.15) is 0 Å². The first kappa shape index (κ1) is 7.58. The summed E-state index contributed by atoms with van der Waals surface area (Å²) in [5.74, 6) is -0.663. The minimum atomic E-state index is -0.663. The Labute approximate surface area is 61.2 Å². The van der Waals surface area contributed by atoms with Crippen molar-refractivity contribution in [3.8, 4) is 0 Å². The Kier molecular flexibility index (Phi) is 1.97. The van der Waals surface area contributed by atoms with Gasteiger partial charge in [0.25, 0.3) is 0 Å². The molecular weight excluding hydrogens is 128 g/mol. The molecule has 0 bridgehead atoms. The normalized spacial score (nSPS) is 20.5. The van der Waals surface area contributed by atoms with Crippen LogP contribution in [-0.2, 0) is 4.79 Å². The van der Waals surface area contributed by atoms with Gasteiger partial charge in [0.15, 0.2) is 0 Å². The molecule has 0 aromatic carbocycles. The summed E-state index contributed by atoms with van der Waals surface area (Å²) in [5, 5.41) is 8.33. The van der Waals surface area contributed by atoms with E-state index in [1.54, 1.807) is 0 Å². The number of carboxylic acids is 1. The van der Waals surface area contributed by atoms with E-state index < -0.39 is 5.97 Å². The molecule has 0 aromatic rings. The van der Waals surface area contributed by atoms with Crippen molar-refractivity contribution in [2.75, 3.05) is 0 Å². The van der Waals surface area contributed by atoms with Gasteiger partial charge >= 0.3 is 5.97 Å². The summed E-state index contributed by atoms with van der Waals surface area (Å²) in [4.78, 5) is 10.1. The van der Waals surface area contributed by atoms with Gasteiger partial charge in [0.05, 0.1) is 0 Å². The van der Waals surface area contributed by atoms with E-state index >= 15 is 0 Å². The summed E-state index contributed by atoms with van der Waals surface area (Å²) in [5.41, 5.74) is 0.523. The van der Waals surface area contributed by atoms with E-state index in [-0.39, 0.29) is 0 Å². The predicted molar refractivity (Wildman–Crippen MR) is 38.8 cm³/mol. The number of hydrogen-bond donors (Lipinski definition) is 1. The number of carboxylic acid groups (broad SMARTS) is 1. The summed E-state index contributed by atoms with van der Waals surface area (Å²) in [6.45, 7) is 2.23. The van der Waals surface area contributed by atoms with Crippen LogP contribution in [-0.4, -0.2) is 11.1 Å². The highest BCUT2D eigenvalue weighted by Gasteiger charge is 2.36. The lowest BCUT2D eigenvalue weighted by Gasteiger charge is -2.04. The van der Waals surface area contributed by atoms with Crippen LogP contribution < -0.4 is 0 Å². The molecule has 0 saturated heterocycles. The van der Waals surface area contributed by atoms with E-state index in [0.29, 0.717) is 11.8 Å². The van der Waals surface area contributed by atoms with E-state index in [2.05, 4.69) is 6.92 Å². The number of rotatable bonds is 4. The zero-order valence-electron chi connectivity index (χ0n) is 6.39. The first-order chi connectivity index (χ1) is 4.62. The Morgan fingerprint density at radius 3 is 2.60 bits per heavy atom. The molecule has 0 atom stereocenters. The molecular formula is C8H14O2. The van der Waals surface area contributed by atoms with E-state index in [4.69, 9.17) is 5.11 Å². The van der Waals surface area contributed by atoms with Crippen molar-refractivity contribution in [1.29, 1.82) is 0 Å². The number of carbonyl (C=O) groups is 1. The highest BCUT2D eigenvalue weighted by molar-refractivity contribution is 5.66. The molecule has 58 valence electrons. The Bertz CT molecular complexity index is 136. The quantitative estimate of drug-likeness (QED) is 0.652.